The highest BCUT2D eigenvalue weighted by atomic mass is 32.2. The molecule has 1 aromatic rings. The highest BCUT2D eigenvalue weighted by Gasteiger charge is 2.27. The van der Waals surface area contributed by atoms with Gasteiger partial charge in [0, 0.05) is 0 Å². The van der Waals surface area contributed by atoms with Gasteiger partial charge in [-0.25, -0.2) is 0 Å². The lowest BCUT2D eigenvalue weighted by Gasteiger charge is -2.26. The lowest BCUT2D eigenvalue weighted by atomic mass is 10.2. The first kappa shape index (κ1) is 14.6. The molecule has 108 valence electrons. The topological polar surface area (TPSA) is 54.3 Å². The number of hydrogen-bond donors (Lipinski definition) is 1. The Balaban J connectivity index is 1.90. The van der Waals surface area contributed by atoms with Gasteiger partial charge in [-0.05, 0) is 23.4 Å². The first-order valence-electron chi connectivity index (χ1n) is 6.37. The molecule has 0 saturated heterocycles. The van der Waals surface area contributed by atoms with Gasteiger partial charge in [-0.15, -0.1) is 11.8 Å². The Morgan fingerprint density at radius 2 is 2.29 bits per heavy atom. The Morgan fingerprint density at radius 1 is 1.48 bits per heavy atom. The Hall–Kier alpha value is -1.36. The molecule has 1 atom stereocenters. The van der Waals surface area contributed by atoms with E-state index in [-0.39, 0.29) is 12.2 Å². The van der Waals surface area contributed by atoms with Crippen LogP contribution in [0.25, 0.3) is 0 Å². The average molecular weight is 336 g/mol. The zero-order valence-electron chi connectivity index (χ0n) is 11.2. The van der Waals surface area contributed by atoms with Crippen LogP contribution in [0.5, 0.6) is 11.5 Å². The second kappa shape index (κ2) is 6.18. The zero-order chi connectivity index (χ0) is 14.8. The highest BCUT2D eigenvalue weighted by molar-refractivity contribution is 8.22. The SMILES string of the molecule is CCSC1=C(C#N)C(=S)NC(c2ccc3c(c2)OCO3)S1. The van der Waals surface area contributed by atoms with Gasteiger partial charge in [0.1, 0.15) is 22.0 Å². The van der Waals surface area contributed by atoms with Gasteiger partial charge >= 0.3 is 0 Å². The molecular formula is C14H12N2O2S3. The summed E-state index contributed by atoms with van der Waals surface area (Å²) in [4.78, 5) is 0.509. The van der Waals surface area contributed by atoms with Crippen molar-refractivity contribution in [2.75, 3.05) is 12.5 Å². The molecule has 21 heavy (non-hydrogen) atoms. The van der Waals surface area contributed by atoms with Crippen molar-refractivity contribution in [3.63, 3.8) is 0 Å². The standard InChI is InChI=1S/C14H12N2O2S3/c1-2-20-14-9(6-15)12(19)16-13(21-14)8-3-4-10-11(5-8)18-7-17-10/h3-5,13H,2,7H2,1H3,(H,16,19). The maximum Gasteiger partial charge on any atom is 0.231 e. The Labute approximate surface area is 136 Å². The van der Waals surface area contributed by atoms with E-state index in [4.69, 9.17) is 21.7 Å². The van der Waals surface area contributed by atoms with Gasteiger partial charge < -0.3 is 14.8 Å². The molecule has 4 nitrogen and oxygen atoms in total. The molecule has 0 spiro atoms. The van der Waals surface area contributed by atoms with E-state index in [0.717, 1.165) is 27.1 Å². The third-order valence-corrected chi connectivity index (χ3v) is 5.77. The Morgan fingerprint density at radius 3 is 3.05 bits per heavy atom. The average Bonchev–Trinajstić information content (AvgIpc) is 2.94. The molecule has 1 N–H and O–H groups in total. The van der Waals surface area contributed by atoms with E-state index in [1.807, 2.05) is 18.2 Å². The summed E-state index contributed by atoms with van der Waals surface area (Å²) < 4.78 is 11.7. The number of ether oxygens (including phenoxy) is 2. The van der Waals surface area contributed by atoms with Crippen LogP contribution in [-0.2, 0) is 0 Å². The van der Waals surface area contributed by atoms with Crippen LogP contribution in [0.3, 0.4) is 0 Å². The van der Waals surface area contributed by atoms with Crippen LogP contribution in [0.4, 0.5) is 0 Å². The fourth-order valence-electron chi connectivity index (χ4n) is 2.04. The summed E-state index contributed by atoms with van der Waals surface area (Å²) in [7, 11) is 0. The second-order valence-electron chi connectivity index (χ2n) is 4.29. The van der Waals surface area contributed by atoms with E-state index in [0.29, 0.717) is 10.6 Å². The van der Waals surface area contributed by atoms with Crippen LogP contribution in [-0.4, -0.2) is 17.5 Å². The van der Waals surface area contributed by atoms with Crippen LogP contribution < -0.4 is 14.8 Å². The summed E-state index contributed by atoms with van der Waals surface area (Å²) >= 11 is 8.59. The maximum atomic E-state index is 9.24. The monoisotopic (exact) mass is 336 g/mol. The van der Waals surface area contributed by atoms with Gasteiger partial charge in [0.15, 0.2) is 11.5 Å². The summed E-state index contributed by atoms with van der Waals surface area (Å²) in [6.45, 7) is 2.33. The van der Waals surface area contributed by atoms with Gasteiger partial charge in [0.25, 0.3) is 0 Å². The molecule has 0 radical (unpaired) electrons. The molecule has 0 aliphatic carbocycles. The second-order valence-corrected chi connectivity index (χ2v) is 7.35. The fraction of sp³-hybridized carbons (Fsp3) is 0.286. The van der Waals surface area contributed by atoms with Gasteiger partial charge in [-0.1, -0.05) is 37.0 Å². The maximum absolute atomic E-state index is 9.24. The van der Waals surface area contributed by atoms with E-state index in [1.165, 1.54) is 0 Å². The Kier molecular flexibility index (Phi) is 4.29. The summed E-state index contributed by atoms with van der Waals surface area (Å²) in [5.41, 5.74) is 1.62. The van der Waals surface area contributed by atoms with Crippen LogP contribution >= 0.6 is 35.7 Å². The molecule has 2 aliphatic rings. The van der Waals surface area contributed by atoms with Gasteiger partial charge in [-0.3, -0.25) is 0 Å². The first-order chi connectivity index (χ1) is 10.2. The molecule has 0 saturated carbocycles. The number of nitrogens with zero attached hydrogens (tertiary/aromatic N) is 1. The molecule has 1 unspecified atom stereocenters. The summed E-state index contributed by atoms with van der Waals surface area (Å²) in [6, 6.07) is 8.05. The molecule has 0 amide bonds. The molecule has 1 aromatic carbocycles. The minimum Gasteiger partial charge on any atom is -0.454 e. The van der Waals surface area contributed by atoms with Crippen molar-refractivity contribution in [2.45, 2.75) is 12.3 Å². The Bertz CT molecular complexity index is 667. The fourth-order valence-corrected chi connectivity index (χ4v) is 4.92. The lowest BCUT2D eigenvalue weighted by Crippen LogP contribution is -2.30. The predicted molar refractivity (Wildman–Crippen MR) is 89.4 cm³/mol. The molecule has 0 fully saturated rings. The summed E-state index contributed by atoms with van der Waals surface area (Å²) in [5, 5.41) is 12.4. The number of rotatable bonds is 3. The summed E-state index contributed by atoms with van der Waals surface area (Å²) in [6.07, 6.45) is 0. The van der Waals surface area contributed by atoms with Crippen molar-refractivity contribution in [3.05, 3.63) is 33.6 Å². The largest absolute Gasteiger partial charge is 0.454 e. The number of nitrogens with one attached hydrogen (secondary N) is 1. The molecule has 3 rings (SSSR count). The molecule has 0 bridgehead atoms. The smallest absolute Gasteiger partial charge is 0.231 e. The number of benzene rings is 1. The van der Waals surface area contributed by atoms with Crippen molar-refractivity contribution in [1.82, 2.24) is 5.32 Å². The third kappa shape index (κ3) is 2.84. The van der Waals surface area contributed by atoms with Gasteiger partial charge in [0.05, 0.1) is 4.24 Å². The van der Waals surface area contributed by atoms with Crippen molar-refractivity contribution >= 4 is 40.7 Å². The molecule has 7 heteroatoms. The molecule has 2 heterocycles. The number of nitriles is 1. The quantitative estimate of drug-likeness (QED) is 0.847. The predicted octanol–water partition coefficient (Wildman–Crippen LogP) is 3.57. The number of hydrogen-bond acceptors (Lipinski definition) is 6. The number of fused-ring (bicyclic) bond motifs is 1. The van der Waals surface area contributed by atoms with E-state index < -0.39 is 0 Å². The zero-order valence-corrected chi connectivity index (χ0v) is 13.7. The van der Waals surface area contributed by atoms with Gasteiger partial charge in [0.2, 0.25) is 6.79 Å². The van der Waals surface area contributed by atoms with Crippen molar-refractivity contribution in [1.29, 1.82) is 5.26 Å². The van der Waals surface area contributed by atoms with Gasteiger partial charge in [-0.2, -0.15) is 5.26 Å². The van der Waals surface area contributed by atoms with Crippen molar-refractivity contribution in [2.24, 2.45) is 0 Å². The van der Waals surface area contributed by atoms with Crippen LogP contribution in [0.2, 0.25) is 0 Å². The normalized spacial score (nSPS) is 20.2. The third-order valence-electron chi connectivity index (χ3n) is 3.00. The molecule has 2 aliphatic heterocycles. The van der Waals surface area contributed by atoms with Crippen LogP contribution in [0.15, 0.2) is 28.0 Å². The summed E-state index contributed by atoms with van der Waals surface area (Å²) in [5.74, 6) is 2.42. The molecular weight excluding hydrogens is 324 g/mol. The van der Waals surface area contributed by atoms with E-state index in [1.54, 1.807) is 23.5 Å². The minimum absolute atomic E-state index is 0.0156. The van der Waals surface area contributed by atoms with E-state index in [9.17, 15) is 5.26 Å². The van der Waals surface area contributed by atoms with Crippen LogP contribution in [0.1, 0.15) is 17.9 Å². The number of thioether (sulfide) groups is 2. The van der Waals surface area contributed by atoms with E-state index >= 15 is 0 Å². The lowest BCUT2D eigenvalue weighted by molar-refractivity contribution is 0.174. The van der Waals surface area contributed by atoms with Crippen molar-refractivity contribution < 1.29 is 9.47 Å². The minimum atomic E-state index is -0.0156. The van der Waals surface area contributed by atoms with E-state index in [2.05, 4.69) is 18.3 Å². The first-order valence-corrected chi connectivity index (χ1v) is 8.64. The van der Waals surface area contributed by atoms with Crippen molar-refractivity contribution in [3.8, 4) is 17.6 Å². The molecule has 0 aromatic heterocycles. The van der Waals surface area contributed by atoms with Crippen LogP contribution in [0, 0.1) is 11.3 Å². The highest BCUT2D eigenvalue weighted by Crippen LogP contribution is 2.45. The number of thiocarbonyl (C=S) groups is 1.